The Morgan fingerprint density at radius 2 is 1.89 bits per heavy atom. The second kappa shape index (κ2) is 7.70. The number of nitrogens with zero attached hydrogens (tertiary/aromatic N) is 1. The fourth-order valence-electron chi connectivity index (χ4n) is 3.89. The Morgan fingerprint density at radius 1 is 1.11 bits per heavy atom. The molecule has 0 fully saturated rings. The van der Waals surface area contributed by atoms with Crippen LogP contribution >= 0.6 is 0 Å². The fourth-order valence-corrected chi connectivity index (χ4v) is 3.89. The van der Waals surface area contributed by atoms with Crippen LogP contribution in [0.25, 0.3) is 11.0 Å². The van der Waals surface area contributed by atoms with Gasteiger partial charge >= 0.3 is 5.63 Å². The number of ether oxygens (including phenoxy) is 1. The molecule has 1 aliphatic heterocycles. The van der Waals surface area contributed by atoms with Crippen LogP contribution in [0.3, 0.4) is 0 Å². The lowest BCUT2D eigenvalue weighted by Crippen LogP contribution is -2.32. The summed E-state index contributed by atoms with van der Waals surface area (Å²) >= 11 is 0. The zero-order chi connectivity index (χ0) is 19.7. The molecule has 0 saturated carbocycles. The first-order valence-electron chi connectivity index (χ1n) is 10.2. The maximum atomic E-state index is 12.1. The molecule has 2 heterocycles. The normalized spacial score (nSPS) is 14.6. The van der Waals surface area contributed by atoms with E-state index < -0.39 is 0 Å². The van der Waals surface area contributed by atoms with Gasteiger partial charge in [-0.2, -0.15) is 0 Å². The van der Waals surface area contributed by atoms with Crippen molar-refractivity contribution in [3.63, 3.8) is 0 Å². The van der Waals surface area contributed by atoms with Crippen LogP contribution in [0.4, 0.5) is 5.69 Å². The van der Waals surface area contributed by atoms with E-state index in [1.807, 2.05) is 12.1 Å². The van der Waals surface area contributed by atoms with Gasteiger partial charge in [0.05, 0.1) is 12.1 Å². The molecule has 0 bridgehead atoms. The van der Waals surface area contributed by atoms with Crippen molar-refractivity contribution in [1.29, 1.82) is 0 Å². The van der Waals surface area contributed by atoms with Gasteiger partial charge in [-0.05, 0) is 54.2 Å². The minimum Gasteiger partial charge on any atom is -0.473 e. The molecule has 1 atom stereocenters. The van der Waals surface area contributed by atoms with Gasteiger partial charge in [0.1, 0.15) is 11.3 Å². The molecule has 4 rings (SSSR count). The van der Waals surface area contributed by atoms with Gasteiger partial charge in [-0.25, -0.2) is 4.79 Å². The molecule has 146 valence electrons. The van der Waals surface area contributed by atoms with Crippen LogP contribution in [-0.4, -0.2) is 6.73 Å². The van der Waals surface area contributed by atoms with Crippen LogP contribution in [-0.2, 0) is 13.0 Å². The number of hydrogen-bond donors (Lipinski definition) is 0. The van der Waals surface area contributed by atoms with Crippen molar-refractivity contribution in [3.8, 4) is 5.75 Å². The lowest BCUT2D eigenvalue weighted by atomic mass is 9.98. The molecule has 4 nitrogen and oxygen atoms in total. The van der Waals surface area contributed by atoms with Crippen molar-refractivity contribution >= 4 is 16.7 Å². The zero-order valence-corrected chi connectivity index (χ0v) is 16.8. The van der Waals surface area contributed by atoms with Crippen molar-refractivity contribution in [3.05, 3.63) is 69.6 Å². The van der Waals surface area contributed by atoms with Crippen molar-refractivity contribution in [2.75, 3.05) is 11.6 Å². The molecule has 0 saturated heterocycles. The van der Waals surface area contributed by atoms with Gasteiger partial charge in [0, 0.05) is 17.1 Å². The van der Waals surface area contributed by atoms with E-state index in [1.54, 1.807) is 6.07 Å². The first kappa shape index (κ1) is 18.6. The van der Waals surface area contributed by atoms with E-state index >= 15 is 0 Å². The largest absolute Gasteiger partial charge is 0.473 e. The molecule has 2 aromatic carbocycles. The van der Waals surface area contributed by atoms with E-state index in [0.29, 0.717) is 24.8 Å². The maximum Gasteiger partial charge on any atom is 0.336 e. The number of aryl methyl sites for hydroxylation is 1. The molecule has 28 heavy (non-hydrogen) atoms. The third-order valence-electron chi connectivity index (χ3n) is 5.74. The monoisotopic (exact) mass is 377 g/mol. The summed E-state index contributed by atoms with van der Waals surface area (Å²) in [7, 11) is 0. The van der Waals surface area contributed by atoms with Gasteiger partial charge in [0.15, 0.2) is 6.73 Å². The summed E-state index contributed by atoms with van der Waals surface area (Å²) in [5, 5.41) is 1.01. The summed E-state index contributed by atoms with van der Waals surface area (Å²) in [6, 6.07) is 14.3. The SMILES string of the molecule is CCCc1cc(=O)oc2c3c(ccc12)OCN(c1ccc(C(C)CC)cc1)C3. The second-order valence-electron chi connectivity index (χ2n) is 7.63. The summed E-state index contributed by atoms with van der Waals surface area (Å²) in [4.78, 5) is 14.3. The Bertz CT molecular complexity index is 1040. The highest BCUT2D eigenvalue weighted by molar-refractivity contribution is 5.85. The summed E-state index contributed by atoms with van der Waals surface area (Å²) in [6.45, 7) is 7.72. The summed E-state index contributed by atoms with van der Waals surface area (Å²) in [5.41, 5.74) is 4.83. The Kier molecular flexibility index (Phi) is 5.12. The standard InChI is InChI=1S/C24H27NO3/c1-4-6-18-13-23(26)28-24-20(18)11-12-22-21(24)14-25(15-27-22)19-9-7-17(8-10-19)16(3)5-2/h7-13,16H,4-6,14-15H2,1-3H3. The molecular formula is C24H27NO3. The average Bonchev–Trinajstić information content (AvgIpc) is 2.73. The number of fused-ring (bicyclic) bond motifs is 3. The van der Waals surface area contributed by atoms with Crippen molar-refractivity contribution in [2.24, 2.45) is 0 Å². The molecule has 1 aromatic heterocycles. The fraction of sp³-hybridized carbons (Fsp3) is 0.375. The number of hydrogen-bond acceptors (Lipinski definition) is 4. The average molecular weight is 377 g/mol. The van der Waals surface area contributed by atoms with Crippen LogP contribution in [0.5, 0.6) is 5.75 Å². The molecule has 1 unspecified atom stereocenters. The van der Waals surface area contributed by atoms with Gasteiger partial charge in [-0.1, -0.05) is 39.3 Å². The highest BCUT2D eigenvalue weighted by Gasteiger charge is 2.22. The molecule has 0 amide bonds. The molecule has 3 aromatic rings. The van der Waals surface area contributed by atoms with E-state index in [1.165, 1.54) is 5.56 Å². The minimum atomic E-state index is -0.292. The zero-order valence-electron chi connectivity index (χ0n) is 16.8. The maximum absolute atomic E-state index is 12.1. The lowest BCUT2D eigenvalue weighted by molar-refractivity contribution is 0.289. The predicted molar refractivity (Wildman–Crippen MR) is 113 cm³/mol. The Labute approximate surface area is 165 Å². The minimum absolute atomic E-state index is 0.292. The van der Waals surface area contributed by atoms with Gasteiger partial charge in [-0.15, -0.1) is 0 Å². The molecule has 0 aliphatic carbocycles. The summed E-state index contributed by atoms with van der Waals surface area (Å²) in [6.07, 6.45) is 2.98. The molecule has 4 heteroatoms. The van der Waals surface area contributed by atoms with E-state index in [2.05, 4.69) is 49.9 Å². The van der Waals surface area contributed by atoms with E-state index in [4.69, 9.17) is 9.15 Å². The number of benzene rings is 2. The quantitative estimate of drug-likeness (QED) is 0.542. The third-order valence-corrected chi connectivity index (χ3v) is 5.74. The molecule has 0 radical (unpaired) electrons. The van der Waals surface area contributed by atoms with Crippen LogP contribution in [0.15, 0.2) is 51.7 Å². The molecular weight excluding hydrogens is 350 g/mol. The topological polar surface area (TPSA) is 42.7 Å². The van der Waals surface area contributed by atoms with Crippen LogP contribution in [0.1, 0.15) is 56.2 Å². The summed E-state index contributed by atoms with van der Waals surface area (Å²) < 4.78 is 11.6. The Balaban J connectivity index is 1.71. The highest BCUT2D eigenvalue weighted by atomic mass is 16.5. The Hall–Kier alpha value is -2.75. The van der Waals surface area contributed by atoms with Crippen LogP contribution in [0.2, 0.25) is 0 Å². The summed E-state index contributed by atoms with van der Waals surface area (Å²) in [5.74, 6) is 1.36. The predicted octanol–water partition coefficient (Wildman–Crippen LogP) is 5.62. The first-order valence-corrected chi connectivity index (χ1v) is 10.2. The number of anilines is 1. The third kappa shape index (κ3) is 3.39. The molecule has 1 aliphatic rings. The molecule has 0 N–H and O–H groups in total. The van der Waals surface area contributed by atoms with Gasteiger partial charge in [-0.3, -0.25) is 0 Å². The van der Waals surface area contributed by atoms with E-state index in [0.717, 1.165) is 47.2 Å². The van der Waals surface area contributed by atoms with Crippen LogP contribution < -0.4 is 15.3 Å². The van der Waals surface area contributed by atoms with Crippen molar-refractivity contribution in [1.82, 2.24) is 0 Å². The second-order valence-corrected chi connectivity index (χ2v) is 7.63. The highest BCUT2D eigenvalue weighted by Crippen LogP contribution is 2.35. The van der Waals surface area contributed by atoms with Crippen LogP contribution in [0, 0.1) is 0 Å². The number of rotatable bonds is 5. The van der Waals surface area contributed by atoms with E-state index in [-0.39, 0.29) is 5.63 Å². The lowest BCUT2D eigenvalue weighted by Gasteiger charge is -2.31. The smallest absolute Gasteiger partial charge is 0.336 e. The van der Waals surface area contributed by atoms with Crippen molar-refractivity contribution < 1.29 is 9.15 Å². The first-order chi connectivity index (χ1) is 13.6. The molecule has 0 spiro atoms. The van der Waals surface area contributed by atoms with E-state index in [9.17, 15) is 4.79 Å². The van der Waals surface area contributed by atoms with Crippen molar-refractivity contribution in [2.45, 2.75) is 52.5 Å². The van der Waals surface area contributed by atoms with Gasteiger partial charge in [0.25, 0.3) is 0 Å². The Morgan fingerprint density at radius 3 is 2.61 bits per heavy atom. The van der Waals surface area contributed by atoms with Gasteiger partial charge < -0.3 is 14.1 Å². The van der Waals surface area contributed by atoms with Gasteiger partial charge in [0.2, 0.25) is 0 Å².